The highest BCUT2D eigenvalue weighted by Gasteiger charge is 1.74. The molecule has 1 rings (SSSR count). The van der Waals surface area contributed by atoms with Crippen LogP contribution in [0.5, 0.6) is 0 Å². The number of hydrogen-bond donors (Lipinski definition) is 0. The Morgan fingerprint density at radius 2 is 1.29 bits per heavy atom. The Morgan fingerprint density at radius 1 is 0.643 bits per heavy atom. The largest absolute Gasteiger partial charge is 0.0842 e. The molecule has 1 aliphatic carbocycles. The Kier molecular flexibility index (Phi) is 6.05. The van der Waals surface area contributed by atoms with Gasteiger partial charge in [0.2, 0.25) is 0 Å². The molecule has 0 unspecified atom stereocenters. The van der Waals surface area contributed by atoms with Gasteiger partial charge >= 0.3 is 0 Å². The lowest BCUT2D eigenvalue weighted by atomic mass is 10.2. The maximum absolute atomic E-state index is 3.07. The molecule has 0 aromatic rings. The summed E-state index contributed by atoms with van der Waals surface area (Å²) in [7, 11) is 0. The molecule has 0 aromatic heterocycles. The van der Waals surface area contributed by atoms with Crippen molar-refractivity contribution in [2.24, 2.45) is 0 Å². The third-order valence-electron chi connectivity index (χ3n) is 1.71. The van der Waals surface area contributed by atoms with Crippen LogP contribution >= 0.6 is 0 Å². The van der Waals surface area contributed by atoms with Gasteiger partial charge in [-0.15, -0.1) is 0 Å². The highest BCUT2D eigenvalue weighted by molar-refractivity contribution is 5.18. The molecule has 0 N–H and O–H groups in total. The summed E-state index contributed by atoms with van der Waals surface area (Å²) in [6.07, 6.45) is 27.5. The molecule has 0 aromatic carbocycles. The minimum atomic E-state index is 1.07. The van der Waals surface area contributed by atoms with Gasteiger partial charge < -0.3 is 0 Å². The van der Waals surface area contributed by atoms with E-state index in [1.165, 1.54) is 0 Å². The fraction of sp³-hybridized carbons (Fsp3) is 0.143. The molecule has 0 nitrogen and oxygen atoms in total. The van der Waals surface area contributed by atoms with Crippen molar-refractivity contribution in [2.45, 2.75) is 12.8 Å². The van der Waals surface area contributed by atoms with Gasteiger partial charge in [-0.2, -0.15) is 0 Å². The van der Waals surface area contributed by atoms with Crippen molar-refractivity contribution in [1.82, 2.24) is 0 Å². The first-order chi connectivity index (χ1) is 7.00. The fourth-order valence-corrected chi connectivity index (χ4v) is 1.01. The first-order valence-corrected chi connectivity index (χ1v) is 4.89. The van der Waals surface area contributed by atoms with E-state index in [0.717, 1.165) is 12.8 Å². The van der Waals surface area contributed by atoms with Gasteiger partial charge in [0.15, 0.2) is 0 Å². The molecule has 0 heterocycles. The van der Waals surface area contributed by atoms with E-state index in [4.69, 9.17) is 0 Å². The van der Waals surface area contributed by atoms with Gasteiger partial charge in [0.25, 0.3) is 0 Å². The maximum Gasteiger partial charge on any atom is -0.0187 e. The Labute approximate surface area is 86.3 Å². The van der Waals surface area contributed by atoms with Gasteiger partial charge in [0.1, 0.15) is 0 Å². The summed E-state index contributed by atoms with van der Waals surface area (Å²) in [4.78, 5) is 0. The Bertz CT molecular complexity index is 264. The summed E-state index contributed by atoms with van der Waals surface area (Å²) in [5.74, 6) is 0. The molecule has 71 valence electrons. The Hall–Kier alpha value is -1.56. The van der Waals surface area contributed by atoms with Crippen LogP contribution in [-0.2, 0) is 0 Å². The number of allylic oxidation sites excluding steroid dienone is 12. The van der Waals surface area contributed by atoms with E-state index in [0.29, 0.717) is 0 Å². The SMILES string of the molecule is [C]1=CC=CC=CC=CC=CCCC=C1. The highest BCUT2D eigenvalue weighted by Crippen LogP contribution is 1.94. The van der Waals surface area contributed by atoms with Gasteiger partial charge in [-0.3, -0.25) is 0 Å². The lowest BCUT2D eigenvalue weighted by Gasteiger charge is -1.84. The second kappa shape index (κ2) is 8.06. The molecule has 0 atom stereocenters. The van der Waals surface area contributed by atoms with Crippen LogP contribution in [0.25, 0.3) is 0 Å². The topological polar surface area (TPSA) is 0 Å². The summed E-state index contributed by atoms with van der Waals surface area (Å²) in [5.41, 5.74) is 0. The van der Waals surface area contributed by atoms with E-state index in [-0.39, 0.29) is 0 Å². The van der Waals surface area contributed by atoms with E-state index in [2.05, 4.69) is 24.3 Å². The Balaban J connectivity index is 2.56. The average molecular weight is 183 g/mol. The summed E-state index contributed by atoms with van der Waals surface area (Å²) >= 11 is 0. The molecule has 0 fully saturated rings. The van der Waals surface area contributed by atoms with Gasteiger partial charge in [0, 0.05) is 0 Å². The third-order valence-corrected chi connectivity index (χ3v) is 1.71. The van der Waals surface area contributed by atoms with E-state index >= 15 is 0 Å². The van der Waals surface area contributed by atoms with E-state index in [1.54, 1.807) is 0 Å². The van der Waals surface area contributed by atoms with E-state index in [9.17, 15) is 0 Å². The standard InChI is InChI=1S/C14H15/c1-2-4-6-8-10-12-14-13-11-9-7-5-3-1/h1-9,13-14H,10,12H2. The molecule has 0 bridgehead atoms. The van der Waals surface area contributed by atoms with Crippen LogP contribution < -0.4 is 0 Å². The maximum atomic E-state index is 3.07. The quantitative estimate of drug-likeness (QED) is 0.534. The molecule has 1 radical (unpaired) electrons. The second-order valence-corrected chi connectivity index (χ2v) is 2.90. The predicted octanol–water partition coefficient (Wildman–Crippen LogP) is 3.92. The van der Waals surface area contributed by atoms with Crippen LogP contribution in [0.4, 0.5) is 0 Å². The third kappa shape index (κ3) is 6.01. The molecule has 0 spiro atoms. The van der Waals surface area contributed by atoms with Crippen molar-refractivity contribution in [3.05, 3.63) is 72.9 Å². The van der Waals surface area contributed by atoms with Gasteiger partial charge in [-0.05, 0) is 18.9 Å². The zero-order chi connectivity index (χ0) is 9.90. The molecular formula is C14H15. The van der Waals surface area contributed by atoms with Crippen molar-refractivity contribution in [1.29, 1.82) is 0 Å². The Morgan fingerprint density at radius 3 is 2.14 bits per heavy atom. The van der Waals surface area contributed by atoms with Crippen LogP contribution in [0, 0.1) is 6.08 Å². The first-order valence-electron chi connectivity index (χ1n) is 4.89. The minimum absolute atomic E-state index is 1.07. The number of rotatable bonds is 0. The smallest absolute Gasteiger partial charge is 0.0187 e. The lowest BCUT2D eigenvalue weighted by molar-refractivity contribution is 1.05. The van der Waals surface area contributed by atoms with Crippen molar-refractivity contribution in [3.63, 3.8) is 0 Å². The predicted molar refractivity (Wildman–Crippen MR) is 62.7 cm³/mol. The molecule has 14 heavy (non-hydrogen) atoms. The molecule has 0 amide bonds. The van der Waals surface area contributed by atoms with E-state index in [1.807, 2.05) is 48.6 Å². The molecule has 0 heteroatoms. The second-order valence-electron chi connectivity index (χ2n) is 2.90. The summed E-state index contributed by atoms with van der Waals surface area (Å²) < 4.78 is 0. The number of hydrogen-bond acceptors (Lipinski definition) is 0. The highest BCUT2D eigenvalue weighted by atomic mass is 13.8. The molecule has 1 aliphatic rings. The summed E-state index contributed by atoms with van der Waals surface area (Å²) in [6, 6.07) is 0. The minimum Gasteiger partial charge on any atom is -0.0842 e. The monoisotopic (exact) mass is 183 g/mol. The lowest BCUT2D eigenvalue weighted by Crippen LogP contribution is -1.64. The van der Waals surface area contributed by atoms with Crippen LogP contribution in [-0.4, -0.2) is 0 Å². The normalized spacial score (nSPS) is 17.1. The van der Waals surface area contributed by atoms with Crippen LogP contribution in [0.15, 0.2) is 66.8 Å². The average Bonchev–Trinajstić information content (AvgIpc) is 2.22. The molecular weight excluding hydrogens is 168 g/mol. The molecule has 0 saturated carbocycles. The van der Waals surface area contributed by atoms with Crippen molar-refractivity contribution < 1.29 is 0 Å². The van der Waals surface area contributed by atoms with Crippen molar-refractivity contribution in [3.8, 4) is 0 Å². The van der Waals surface area contributed by atoms with Gasteiger partial charge in [-0.25, -0.2) is 0 Å². The molecule has 0 aliphatic heterocycles. The van der Waals surface area contributed by atoms with Crippen LogP contribution in [0.1, 0.15) is 12.8 Å². The summed E-state index contributed by atoms with van der Waals surface area (Å²) in [6.45, 7) is 0. The van der Waals surface area contributed by atoms with Crippen molar-refractivity contribution in [2.75, 3.05) is 0 Å². The first kappa shape index (κ1) is 10.5. The van der Waals surface area contributed by atoms with Gasteiger partial charge in [-0.1, -0.05) is 66.8 Å². The summed E-state index contributed by atoms with van der Waals surface area (Å²) in [5, 5.41) is 0. The van der Waals surface area contributed by atoms with Crippen molar-refractivity contribution >= 4 is 0 Å². The fourth-order valence-electron chi connectivity index (χ4n) is 1.01. The van der Waals surface area contributed by atoms with Crippen LogP contribution in [0.2, 0.25) is 0 Å². The van der Waals surface area contributed by atoms with E-state index < -0.39 is 0 Å². The van der Waals surface area contributed by atoms with Crippen LogP contribution in [0.3, 0.4) is 0 Å². The molecule has 0 saturated heterocycles. The zero-order valence-corrected chi connectivity index (χ0v) is 8.27. The zero-order valence-electron chi connectivity index (χ0n) is 8.27. The van der Waals surface area contributed by atoms with Gasteiger partial charge in [0.05, 0.1) is 0 Å².